The van der Waals surface area contributed by atoms with Gasteiger partial charge >= 0.3 is 6.18 Å². The molecule has 2 rings (SSSR count). The molecule has 0 aliphatic heterocycles. The summed E-state index contributed by atoms with van der Waals surface area (Å²) < 4.78 is 63.3. The fourth-order valence-corrected chi connectivity index (χ4v) is 2.36. The molecule has 26 heavy (non-hydrogen) atoms. The molecule has 0 aliphatic rings. The highest BCUT2D eigenvalue weighted by Gasteiger charge is 2.31. The second-order valence-electron chi connectivity index (χ2n) is 5.13. The first kappa shape index (κ1) is 20.2. The predicted octanol–water partition coefficient (Wildman–Crippen LogP) is 4.88. The number of amides is 1. The minimum atomic E-state index is -4.60. The normalized spacial score (nSPS) is 11.3. The maximum Gasteiger partial charge on any atom is 0.416 e. The minimum Gasteiger partial charge on any atom is -0.489 e. The topological polar surface area (TPSA) is 47.6 Å². The number of hydrogen-bond acceptors (Lipinski definition) is 3. The summed E-state index contributed by atoms with van der Waals surface area (Å²) in [7, 11) is 1.44. The van der Waals surface area contributed by atoms with E-state index in [2.05, 4.69) is 21.2 Å². The Hall–Kier alpha value is -2.13. The third-order valence-electron chi connectivity index (χ3n) is 3.28. The Balaban J connectivity index is 2.32. The number of ether oxygens (including phenoxy) is 2. The van der Waals surface area contributed by atoms with Crippen molar-refractivity contribution in [2.24, 2.45) is 0 Å². The van der Waals surface area contributed by atoms with Crippen molar-refractivity contribution in [3.63, 3.8) is 0 Å². The maximum absolute atomic E-state index is 13.9. The zero-order valence-electron chi connectivity index (χ0n) is 13.5. The highest BCUT2D eigenvalue weighted by molar-refractivity contribution is 9.10. The van der Waals surface area contributed by atoms with Crippen LogP contribution in [0.3, 0.4) is 0 Å². The Morgan fingerprint density at radius 2 is 1.88 bits per heavy atom. The van der Waals surface area contributed by atoms with E-state index in [0.717, 1.165) is 24.3 Å². The van der Waals surface area contributed by atoms with Gasteiger partial charge in [0.15, 0.2) is 0 Å². The van der Waals surface area contributed by atoms with Gasteiger partial charge in [0, 0.05) is 11.6 Å². The standard InChI is InChI=1S/C17H14BrF4NO3/c1-25-6-7-26-15-5-2-10(17(20,21)22)8-14(15)23-16(24)12-4-3-11(18)9-13(12)19/h2-5,8-9H,6-7H2,1H3,(H,23,24). The van der Waals surface area contributed by atoms with Gasteiger partial charge in [-0.1, -0.05) is 15.9 Å². The Morgan fingerprint density at radius 3 is 2.50 bits per heavy atom. The molecule has 1 N–H and O–H groups in total. The van der Waals surface area contributed by atoms with Gasteiger partial charge in [-0.3, -0.25) is 4.79 Å². The Labute approximate surface area is 155 Å². The predicted molar refractivity (Wildman–Crippen MR) is 90.9 cm³/mol. The monoisotopic (exact) mass is 435 g/mol. The van der Waals surface area contributed by atoms with E-state index in [1.807, 2.05) is 0 Å². The van der Waals surface area contributed by atoms with E-state index in [4.69, 9.17) is 9.47 Å². The lowest BCUT2D eigenvalue weighted by Crippen LogP contribution is -2.16. The summed E-state index contributed by atoms with van der Waals surface area (Å²) in [6, 6.07) is 6.39. The minimum absolute atomic E-state index is 0.0147. The number of anilines is 1. The van der Waals surface area contributed by atoms with Crippen LogP contribution >= 0.6 is 15.9 Å². The Bertz CT molecular complexity index is 796. The lowest BCUT2D eigenvalue weighted by molar-refractivity contribution is -0.137. The third-order valence-corrected chi connectivity index (χ3v) is 3.77. The van der Waals surface area contributed by atoms with E-state index < -0.39 is 23.5 Å². The molecular weight excluding hydrogens is 422 g/mol. The molecule has 0 bridgehead atoms. The number of hydrogen-bond donors (Lipinski definition) is 1. The van der Waals surface area contributed by atoms with Crippen molar-refractivity contribution in [1.29, 1.82) is 0 Å². The summed E-state index contributed by atoms with van der Waals surface area (Å²) in [6.07, 6.45) is -4.60. The van der Waals surface area contributed by atoms with E-state index >= 15 is 0 Å². The van der Waals surface area contributed by atoms with E-state index in [1.54, 1.807) is 0 Å². The number of rotatable bonds is 6. The van der Waals surface area contributed by atoms with Crippen LogP contribution in [0.15, 0.2) is 40.9 Å². The number of halogens is 5. The molecule has 2 aromatic carbocycles. The van der Waals surface area contributed by atoms with Crippen LogP contribution in [0.4, 0.5) is 23.2 Å². The average Bonchev–Trinajstić information content (AvgIpc) is 2.55. The smallest absolute Gasteiger partial charge is 0.416 e. The molecule has 0 spiro atoms. The summed E-state index contributed by atoms with van der Waals surface area (Å²) in [6.45, 7) is 0.271. The van der Waals surface area contributed by atoms with E-state index in [-0.39, 0.29) is 30.2 Å². The molecule has 0 aromatic heterocycles. The molecule has 2 aromatic rings. The first-order valence-corrected chi connectivity index (χ1v) is 8.11. The zero-order chi connectivity index (χ0) is 19.3. The second kappa shape index (κ2) is 8.50. The molecule has 0 aliphatic carbocycles. The van der Waals surface area contributed by atoms with Crippen LogP contribution < -0.4 is 10.1 Å². The number of carbonyl (C=O) groups is 1. The maximum atomic E-state index is 13.9. The summed E-state index contributed by atoms with van der Waals surface area (Å²) in [5.41, 5.74) is -1.50. The fraction of sp³-hybridized carbons (Fsp3) is 0.235. The van der Waals surface area contributed by atoms with Crippen LogP contribution in [0, 0.1) is 5.82 Å². The van der Waals surface area contributed by atoms with E-state index in [1.165, 1.54) is 19.2 Å². The molecule has 0 saturated carbocycles. The number of alkyl halides is 3. The molecule has 0 heterocycles. The van der Waals surface area contributed by atoms with Crippen LogP contribution in [0.2, 0.25) is 0 Å². The van der Waals surface area contributed by atoms with Crippen molar-refractivity contribution in [2.45, 2.75) is 6.18 Å². The van der Waals surface area contributed by atoms with Crippen molar-refractivity contribution in [2.75, 3.05) is 25.6 Å². The third kappa shape index (κ3) is 5.18. The van der Waals surface area contributed by atoms with Crippen molar-refractivity contribution in [3.05, 3.63) is 57.8 Å². The largest absolute Gasteiger partial charge is 0.489 e. The summed E-state index contributed by atoms with van der Waals surface area (Å²) >= 11 is 3.06. The van der Waals surface area contributed by atoms with Crippen molar-refractivity contribution in [1.82, 2.24) is 0 Å². The van der Waals surface area contributed by atoms with Crippen molar-refractivity contribution >= 4 is 27.5 Å². The van der Waals surface area contributed by atoms with Gasteiger partial charge in [-0.05, 0) is 36.4 Å². The fourth-order valence-electron chi connectivity index (χ4n) is 2.03. The van der Waals surface area contributed by atoms with Gasteiger partial charge in [0.05, 0.1) is 23.4 Å². The highest BCUT2D eigenvalue weighted by atomic mass is 79.9. The van der Waals surface area contributed by atoms with E-state index in [0.29, 0.717) is 4.47 Å². The summed E-state index contributed by atoms with van der Waals surface area (Å²) in [4.78, 5) is 12.3. The Morgan fingerprint density at radius 1 is 1.15 bits per heavy atom. The van der Waals surface area contributed by atoms with Crippen molar-refractivity contribution < 1.29 is 31.8 Å². The van der Waals surface area contributed by atoms with Crippen LogP contribution in [-0.4, -0.2) is 26.2 Å². The molecule has 140 valence electrons. The molecule has 0 saturated heterocycles. The van der Waals surface area contributed by atoms with Gasteiger partial charge in [-0.15, -0.1) is 0 Å². The molecule has 0 atom stereocenters. The number of benzene rings is 2. The van der Waals surface area contributed by atoms with Gasteiger partial charge in [-0.2, -0.15) is 13.2 Å². The number of carbonyl (C=O) groups excluding carboxylic acids is 1. The second-order valence-corrected chi connectivity index (χ2v) is 6.04. The highest BCUT2D eigenvalue weighted by Crippen LogP contribution is 2.35. The number of methoxy groups -OCH3 is 1. The Kier molecular flexibility index (Phi) is 6.60. The lowest BCUT2D eigenvalue weighted by Gasteiger charge is -2.15. The molecule has 0 radical (unpaired) electrons. The van der Waals surface area contributed by atoms with Crippen LogP contribution in [0.25, 0.3) is 0 Å². The van der Waals surface area contributed by atoms with Gasteiger partial charge in [0.25, 0.3) is 5.91 Å². The molecule has 0 unspecified atom stereocenters. The molecule has 4 nitrogen and oxygen atoms in total. The van der Waals surface area contributed by atoms with Gasteiger partial charge in [0.1, 0.15) is 18.2 Å². The quantitative estimate of drug-likeness (QED) is 0.519. The molecule has 9 heteroatoms. The molecular formula is C17H14BrF4NO3. The molecule has 1 amide bonds. The van der Waals surface area contributed by atoms with Gasteiger partial charge in [0.2, 0.25) is 0 Å². The van der Waals surface area contributed by atoms with Crippen LogP contribution in [0.5, 0.6) is 5.75 Å². The first-order valence-electron chi connectivity index (χ1n) is 7.31. The first-order chi connectivity index (χ1) is 12.2. The molecule has 0 fully saturated rings. The average molecular weight is 436 g/mol. The van der Waals surface area contributed by atoms with Gasteiger partial charge < -0.3 is 14.8 Å². The van der Waals surface area contributed by atoms with Crippen LogP contribution in [-0.2, 0) is 10.9 Å². The van der Waals surface area contributed by atoms with Gasteiger partial charge in [-0.25, -0.2) is 4.39 Å². The number of nitrogens with one attached hydrogen (secondary N) is 1. The summed E-state index contributed by atoms with van der Waals surface area (Å²) in [5, 5.41) is 2.27. The van der Waals surface area contributed by atoms with E-state index in [9.17, 15) is 22.4 Å². The van der Waals surface area contributed by atoms with Crippen molar-refractivity contribution in [3.8, 4) is 5.75 Å². The zero-order valence-corrected chi connectivity index (χ0v) is 15.1. The summed E-state index contributed by atoms with van der Waals surface area (Å²) in [5.74, 6) is -1.70. The van der Waals surface area contributed by atoms with Crippen LogP contribution in [0.1, 0.15) is 15.9 Å². The SMILES string of the molecule is COCCOc1ccc(C(F)(F)F)cc1NC(=O)c1ccc(Br)cc1F. The lowest BCUT2D eigenvalue weighted by atomic mass is 10.1.